The molecular weight excluding hydrogens is 311 g/mol. The van der Waals surface area contributed by atoms with Gasteiger partial charge in [0.15, 0.2) is 0 Å². The largest absolute Gasteiger partial charge is 0.364 e. The van der Waals surface area contributed by atoms with Crippen molar-refractivity contribution in [3.05, 3.63) is 33.8 Å². The molecule has 0 aliphatic carbocycles. The van der Waals surface area contributed by atoms with E-state index in [1.807, 2.05) is 13.0 Å². The van der Waals surface area contributed by atoms with Crippen molar-refractivity contribution < 1.29 is 9.53 Å². The standard InChI is InChI=1S/C15H20Cl2N2O2/c1-9(12-5-3-10(16)7-13(12)17)19(2)15(20)14-6-4-11(8-18)21-14/h3,5,7,9,11,14H,4,6,8,18H2,1-2H3/t9?,11-,14+/m1/s1. The lowest BCUT2D eigenvalue weighted by Crippen LogP contribution is -2.38. The number of benzene rings is 1. The van der Waals surface area contributed by atoms with Gasteiger partial charge in [0.25, 0.3) is 5.91 Å². The van der Waals surface area contributed by atoms with Gasteiger partial charge >= 0.3 is 0 Å². The van der Waals surface area contributed by atoms with Crippen LogP contribution < -0.4 is 5.73 Å². The van der Waals surface area contributed by atoms with Gasteiger partial charge in [0.2, 0.25) is 0 Å². The van der Waals surface area contributed by atoms with Gasteiger partial charge in [-0.25, -0.2) is 0 Å². The SMILES string of the molecule is CC(c1ccc(Cl)cc1Cl)N(C)C(=O)[C@@H]1CC[C@H](CN)O1. The van der Waals surface area contributed by atoms with Crippen molar-refractivity contribution in [2.45, 2.75) is 38.0 Å². The van der Waals surface area contributed by atoms with Crippen molar-refractivity contribution in [1.82, 2.24) is 4.90 Å². The van der Waals surface area contributed by atoms with E-state index in [1.165, 1.54) is 0 Å². The summed E-state index contributed by atoms with van der Waals surface area (Å²) in [6, 6.07) is 5.15. The van der Waals surface area contributed by atoms with E-state index in [4.69, 9.17) is 33.7 Å². The maximum atomic E-state index is 12.5. The fourth-order valence-corrected chi connectivity index (χ4v) is 3.09. The molecule has 0 radical (unpaired) electrons. The third-order valence-corrected chi connectivity index (χ3v) is 4.55. The van der Waals surface area contributed by atoms with Gasteiger partial charge in [0, 0.05) is 23.6 Å². The van der Waals surface area contributed by atoms with Gasteiger partial charge < -0.3 is 15.4 Å². The molecule has 1 fully saturated rings. The molecule has 2 rings (SSSR count). The summed E-state index contributed by atoms with van der Waals surface area (Å²) in [5.41, 5.74) is 6.44. The molecule has 1 amide bonds. The predicted octanol–water partition coefficient (Wildman–Crippen LogP) is 3.02. The Hall–Kier alpha value is -0.810. The van der Waals surface area contributed by atoms with Crippen LogP contribution in [0.5, 0.6) is 0 Å². The molecule has 4 nitrogen and oxygen atoms in total. The first-order valence-corrected chi connectivity index (χ1v) is 7.76. The Morgan fingerprint density at radius 3 is 2.76 bits per heavy atom. The molecule has 6 heteroatoms. The van der Waals surface area contributed by atoms with Crippen LogP contribution in [0.3, 0.4) is 0 Å². The van der Waals surface area contributed by atoms with Gasteiger partial charge in [-0.2, -0.15) is 0 Å². The van der Waals surface area contributed by atoms with Crippen LogP contribution in [0.4, 0.5) is 0 Å². The van der Waals surface area contributed by atoms with Gasteiger partial charge in [-0.15, -0.1) is 0 Å². The zero-order valence-electron chi connectivity index (χ0n) is 12.2. The highest BCUT2D eigenvalue weighted by atomic mass is 35.5. The second kappa shape index (κ2) is 6.97. The highest BCUT2D eigenvalue weighted by Gasteiger charge is 2.33. The van der Waals surface area contributed by atoms with Gasteiger partial charge in [-0.3, -0.25) is 4.79 Å². The number of carbonyl (C=O) groups excluding carboxylic acids is 1. The van der Waals surface area contributed by atoms with Crippen molar-refractivity contribution in [1.29, 1.82) is 0 Å². The number of ether oxygens (including phenoxy) is 1. The Morgan fingerprint density at radius 2 is 2.19 bits per heavy atom. The van der Waals surface area contributed by atoms with Gasteiger partial charge in [0.05, 0.1) is 12.1 Å². The molecular formula is C15H20Cl2N2O2. The quantitative estimate of drug-likeness (QED) is 0.923. The lowest BCUT2D eigenvalue weighted by atomic mass is 10.1. The Bertz CT molecular complexity index is 524. The summed E-state index contributed by atoms with van der Waals surface area (Å²) in [7, 11) is 1.76. The van der Waals surface area contributed by atoms with Crippen LogP contribution in [0.1, 0.15) is 31.4 Å². The fourth-order valence-electron chi connectivity index (χ4n) is 2.53. The maximum absolute atomic E-state index is 12.5. The number of hydrogen-bond donors (Lipinski definition) is 1. The Morgan fingerprint density at radius 1 is 1.48 bits per heavy atom. The molecule has 2 N–H and O–H groups in total. The topological polar surface area (TPSA) is 55.6 Å². The van der Waals surface area contributed by atoms with Crippen LogP contribution in [-0.4, -0.2) is 36.6 Å². The van der Waals surface area contributed by atoms with Crippen LogP contribution in [0.2, 0.25) is 10.0 Å². The maximum Gasteiger partial charge on any atom is 0.251 e. The van der Waals surface area contributed by atoms with E-state index < -0.39 is 6.10 Å². The van der Waals surface area contributed by atoms with E-state index in [1.54, 1.807) is 24.1 Å². The monoisotopic (exact) mass is 330 g/mol. The molecule has 21 heavy (non-hydrogen) atoms. The van der Waals surface area contributed by atoms with Gasteiger partial charge in [-0.1, -0.05) is 29.3 Å². The summed E-state index contributed by atoms with van der Waals surface area (Å²) < 4.78 is 5.66. The Kier molecular flexibility index (Phi) is 5.49. The number of hydrogen-bond acceptors (Lipinski definition) is 3. The van der Waals surface area contributed by atoms with Gasteiger partial charge in [0.1, 0.15) is 6.10 Å². The van der Waals surface area contributed by atoms with E-state index in [9.17, 15) is 4.79 Å². The van der Waals surface area contributed by atoms with Crippen molar-refractivity contribution in [2.24, 2.45) is 5.73 Å². The second-order valence-electron chi connectivity index (χ2n) is 5.35. The molecule has 1 aliphatic rings. The fraction of sp³-hybridized carbons (Fsp3) is 0.533. The molecule has 3 atom stereocenters. The van der Waals surface area contributed by atoms with Crippen LogP contribution in [0.15, 0.2) is 18.2 Å². The Balaban J connectivity index is 2.08. The average molecular weight is 331 g/mol. The van der Waals surface area contributed by atoms with Crippen molar-refractivity contribution in [3.63, 3.8) is 0 Å². The smallest absolute Gasteiger partial charge is 0.251 e. The molecule has 0 bridgehead atoms. The first-order chi connectivity index (χ1) is 9.93. The van der Waals surface area contributed by atoms with Crippen LogP contribution in [0, 0.1) is 0 Å². The van der Waals surface area contributed by atoms with Crippen molar-refractivity contribution in [3.8, 4) is 0 Å². The molecule has 0 saturated carbocycles. The lowest BCUT2D eigenvalue weighted by Gasteiger charge is -2.28. The van der Waals surface area contributed by atoms with Crippen molar-refractivity contribution in [2.75, 3.05) is 13.6 Å². The highest BCUT2D eigenvalue weighted by Crippen LogP contribution is 2.30. The first-order valence-electron chi connectivity index (χ1n) is 7.01. The van der Waals surface area contributed by atoms with E-state index in [-0.39, 0.29) is 18.1 Å². The zero-order valence-corrected chi connectivity index (χ0v) is 13.7. The minimum absolute atomic E-state index is 0.0122. The zero-order chi connectivity index (χ0) is 15.6. The third kappa shape index (κ3) is 3.69. The summed E-state index contributed by atoms with van der Waals surface area (Å²) in [4.78, 5) is 14.2. The van der Waals surface area contributed by atoms with Crippen LogP contribution >= 0.6 is 23.2 Å². The number of carbonyl (C=O) groups is 1. The second-order valence-corrected chi connectivity index (χ2v) is 6.19. The molecule has 1 aromatic carbocycles. The number of rotatable bonds is 4. The number of nitrogens with two attached hydrogens (primary N) is 1. The molecule has 1 unspecified atom stereocenters. The normalized spacial score (nSPS) is 23.1. The number of amides is 1. The lowest BCUT2D eigenvalue weighted by molar-refractivity contribution is -0.143. The summed E-state index contributed by atoms with van der Waals surface area (Å²) in [5, 5.41) is 1.14. The van der Waals surface area contributed by atoms with E-state index in [2.05, 4.69) is 0 Å². The molecule has 0 spiro atoms. The van der Waals surface area contributed by atoms with Gasteiger partial charge in [-0.05, 0) is 37.5 Å². The van der Waals surface area contributed by atoms with E-state index in [0.29, 0.717) is 23.0 Å². The Labute approximate surface area is 135 Å². The first kappa shape index (κ1) is 16.6. The molecule has 1 aromatic rings. The molecule has 116 valence electrons. The number of halogens is 2. The third-order valence-electron chi connectivity index (χ3n) is 3.99. The van der Waals surface area contributed by atoms with Crippen molar-refractivity contribution >= 4 is 29.1 Å². The van der Waals surface area contributed by atoms with Crippen LogP contribution in [0.25, 0.3) is 0 Å². The highest BCUT2D eigenvalue weighted by molar-refractivity contribution is 6.35. The average Bonchev–Trinajstić information content (AvgIpc) is 2.94. The summed E-state index contributed by atoms with van der Waals surface area (Å²) in [6.45, 7) is 2.38. The molecule has 1 saturated heterocycles. The summed E-state index contributed by atoms with van der Waals surface area (Å²) >= 11 is 12.1. The minimum atomic E-state index is -0.405. The molecule has 0 aromatic heterocycles. The van der Waals surface area contributed by atoms with Crippen LogP contribution in [-0.2, 0) is 9.53 Å². The number of likely N-dealkylation sites (N-methyl/N-ethyl adjacent to an activating group) is 1. The molecule has 1 aliphatic heterocycles. The predicted molar refractivity (Wildman–Crippen MR) is 84.6 cm³/mol. The number of nitrogens with zero attached hydrogens (tertiary/aromatic N) is 1. The summed E-state index contributed by atoms with van der Waals surface area (Å²) in [5.74, 6) is -0.0375. The van der Waals surface area contributed by atoms with E-state index >= 15 is 0 Å². The summed E-state index contributed by atoms with van der Waals surface area (Å²) in [6.07, 6.45) is 1.13. The van der Waals surface area contributed by atoms with E-state index in [0.717, 1.165) is 12.0 Å². The minimum Gasteiger partial charge on any atom is -0.364 e. The molecule has 1 heterocycles.